The van der Waals surface area contributed by atoms with Gasteiger partial charge in [-0.25, -0.2) is 15.8 Å². The number of nitrogens with two attached hydrogens (primary N) is 1. The van der Waals surface area contributed by atoms with Crippen LogP contribution in [0.4, 0.5) is 5.82 Å². The molecule has 0 aromatic carbocycles. The van der Waals surface area contributed by atoms with Crippen LogP contribution < -0.4 is 11.3 Å². The molecule has 2 rings (SSSR count). The van der Waals surface area contributed by atoms with Gasteiger partial charge in [-0.05, 0) is 26.4 Å². The molecule has 1 saturated heterocycles. The van der Waals surface area contributed by atoms with Gasteiger partial charge < -0.3 is 10.5 Å². The third-order valence-electron chi connectivity index (χ3n) is 3.51. The van der Waals surface area contributed by atoms with Crippen molar-refractivity contribution in [3.8, 4) is 0 Å². The number of aliphatic hydroxyl groups excluding tert-OH is 1. The molecule has 0 atom stereocenters. The summed E-state index contributed by atoms with van der Waals surface area (Å²) in [6, 6.07) is 1.83. The first-order valence-electron chi connectivity index (χ1n) is 7.08. The highest BCUT2D eigenvalue weighted by Gasteiger charge is 2.15. The van der Waals surface area contributed by atoms with Crippen molar-refractivity contribution in [3.05, 3.63) is 17.6 Å². The summed E-state index contributed by atoms with van der Waals surface area (Å²) in [5, 5.41) is 9.01. The summed E-state index contributed by atoms with van der Waals surface area (Å²) in [6.07, 6.45) is 1.10. The number of hydrazine groups is 1. The van der Waals surface area contributed by atoms with E-state index in [-0.39, 0.29) is 6.61 Å². The Balaban J connectivity index is 1.94. The van der Waals surface area contributed by atoms with Crippen LogP contribution in [0, 0.1) is 6.92 Å². The molecule has 2 heterocycles. The molecule has 0 bridgehead atoms. The SMILES string of the molecule is Cc1cc(NN)nc(CN2CCCN(CCO)CC2)n1. The number of nitrogen functional groups attached to an aromatic ring is 1. The quantitative estimate of drug-likeness (QED) is 0.498. The highest BCUT2D eigenvalue weighted by Crippen LogP contribution is 2.09. The van der Waals surface area contributed by atoms with E-state index in [9.17, 15) is 0 Å². The maximum Gasteiger partial charge on any atom is 0.145 e. The minimum Gasteiger partial charge on any atom is -0.395 e. The molecule has 1 aromatic heterocycles. The zero-order valence-electron chi connectivity index (χ0n) is 12.0. The number of aliphatic hydroxyl groups is 1. The van der Waals surface area contributed by atoms with E-state index in [2.05, 4.69) is 25.2 Å². The van der Waals surface area contributed by atoms with Crippen LogP contribution in [0.15, 0.2) is 6.07 Å². The molecule has 4 N–H and O–H groups in total. The fraction of sp³-hybridized carbons (Fsp3) is 0.692. The molecule has 1 aliphatic rings. The van der Waals surface area contributed by atoms with E-state index in [1.165, 1.54) is 0 Å². The van der Waals surface area contributed by atoms with Crippen molar-refractivity contribution >= 4 is 5.82 Å². The van der Waals surface area contributed by atoms with Crippen molar-refractivity contribution in [1.29, 1.82) is 0 Å². The van der Waals surface area contributed by atoms with Crippen molar-refractivity contribution in [1.82, 2.24) is 19.8 Å². The Morgan fingerprint density at radius 3 is 2.75 bits per heavy atom. The summed E-state index contributed by atoms with van der Waals surface area (Å²) in [5.41, 5.74) is 3.49. The van der Waals surface area contributed by atoms with Gasteiger partial charge in [-0.1, -0.05) is 0 Å². The van der Waals surface area contributed by atoms with Gasteiger partial charge in [-0.3, -0.25) is 9.80 Å². The number of β-amino-alcohol motifs (C(OH)–C–C–N with tert-alkyl or cyclic N) is 1. The highest BCUT2D eigenvalue weighted by atomic mass is 16.3. The lowest BCUT2D eigenvalue weighted by Gasteiger charge is -2.20. The summed E-state index contributed by atoms with van der Waals surface area (Å²) >= 11 is 0. The zero-order valence-corrected chi connectivity index (χ0v) is 12.0. The predicted octanol–water partition coefficient (Wildman–Crippen LogP) is -0.429. The molecule has 7 heteroatoms. The fourth-order valence-corrected chi connectivity index (χ4v) is 2.52. The van der Waals surface area contributed by atoms with E-state index >= 15 is 0 Å². The molecule has 20 heavy (non-hydrogen) atoms. The van der Waals surface area contributed by atoms with Gasteiger partial charge in [0.15, 0.2) is 0 Å². The summed E-state index contributed by atoms with van der Waals surface area (Å²) in [4.78, 5) is 13.5. The van der Waals surface area contributed by atoms with E-state index in [0.717, 1.165) is 57.2 Å². The largest absolute Gasteiger partial charge is 0.395 e. The van der Waals surface area contributed by atoms with Crippen LogP contribution in [0.5, 0.6) is 0 Å². The second kappa shape index (κ2) is 7.49. The van der Waals surface area contributed by atoms with E-state index in [4.69, 9.17) is 10.9 Å². The van der Waals surface area contributed by atoms with Gasteiger partial charge in [-0.15, -0.1) is 0 Å². The molecule has 0 saturated carbocycles. The molecule has 0 aliphatic carbocycles. The van der Waals surface area contributed by atoms with Crippen LogP contribution >= 0.6 is 0 Å². The van der Waals surface area contributed by atoms with Crippen LogP contribution in [0.2, 0.25) is 0 Å². The van der Waals surface area contributed by atoms with Crippen LogP contribution in [0.25, 0.3) is 0 Å². The Morgan fingerprint density at radius 1 is 1.25 bits per heavy atom. The fourth-order valence-electron chi connectivity index (χ4n) is 2.52. The number of aryl methyl sites for hydroxylation is 1. The van der Waals surface area contributed by atoms with Crippen LogP contribution in [-0.2, 0) is 6.54 Å². The maximum absolute atomic E-state index is 9.01. The lowest BCUT2D eigenvalue weighted by atomic mass is 10.3. The van der Waals surface area contributed by atoms with Gasteiger partial charge in [0, 0.05) is 31.4 Å². The first-order valence-corrected chi connectivity index (χ1v) is 7.08. The molecule has 112 valence electrons. The van der Waals surface area contributed by atoms with Crippen molar-refractivity contribution in [2.75, 3.05) is 44.8 Å². The summed E-state index contributed by atoms with van der Waals surface area (Å²) in [7, 11) is 0. The molecule has 7 nitrogen and oxygen atoms in total. The van der Waals surface area contributed by atoms with Crippen LogP contribution in [0.1, 0.15) is 17.9 Å². The lowest BCUT2D eigenvalue weighted by Crippen LogP contribution is -2.32. The Labute approximate surface area is 119 Å². The van der Waals surface area contributed by atoms with Gasteiger partial charge in [0.1, 0.15) is 11.6 Å². The minimum absolute atomic E-state index is 0.229. The van der Waals surface area contributed by atoms with Gasteiger partial charge >= 0.3 is 0 Å². The van der Waals surface area contributed by atoms with E-state index in [1.807, 2.05) is 13.0 Å². The van der Waals surface area contributed by atoms with Crippen molar-refractivity contribution < 1.29 is 5.11 Å². The minimum atomic E-state index is 0.229. The molecule has 0 spiro atoms. The average Bonchev–Trinajstić information content (AvgIpc) is 2.64. The Bertz CT molecular complexity index is 427. The lowest BCUT2D eigenvalue weighted by molar-refractivity contribution is 0.195. The molecule has 1 fully saturated rings. The average molecular weight is 280 g/mol. The molecule has 0 unspecified atom stereocenters. The molecular weight excluding hydrogens is 256 g/mol. The number of nitrogens with one attached hydrogen (secondary N) is 1. The van der Waals surface area contributed by atoms with Gasteiger partial charge in [-0.2, -0.15) is 0 Å². The molecular formula is C13H24N6O. The topological polar surface area (TPSA) is 90.5 Å². The monoisotopic (exact) mass is 280 g/mol. The number of aromatic nitrogens is 2. The molecule has 0 radical (unpaired) electrons. The van der Waals surface area contributed by atoms with Crippen LogP contribution in [0.3, 0.4) is 0 Å². The predicted molar refractivity (Wildman–Crippen MR) is 78.0 cm³/mol. The second-order valence-electron chi connectivity index (χ2n) is 5.15. The number of anilines is 1. The summed E-state index contributed by atoms with van der Waals surface area (Å²) < 4.78 is 0. The van der Waals surface area contributed by atoms with Crippen molar-refractivity contribution in [2.45, 2.75) is 19.9 Å². The molecule has 0 amide bonds. The summed E-state index contributed by atoms with van der Waals surface area (Å²) in [6.45, 7) is 7.70. The van der Waals surface area contributed by atoms with E-state index < -0.39 is 0 Å². The first kappa shape index (κ1) is 15.1. The Kier molecular flexibility index (Phi) is 5.66. The third kappa shape index (κ3) is 4.38. The smallest absolute Gasteiger partial charge is 0.145 e. The standard InChI is InChI=1S/C13H24N6O/c1-11-9-12(17-14)16-13(15-11)10-19-4-2-3-18(5-6-19)7-8-20/h9,20H,2-8,10,14H2,1H3,(H,15,16,17). The summed E-state index contributed by atoms with van der Waals surface area (Å²) in [5.74, 6) is 6.87. The van der Waals surface area contributed by atoms with Gasteiger partial charge in [0.25, 0.3) is 0 Å². The Morgan fingerprint density at radius 2 is 2.00 bits per heavy atom. The van der Waals surface area contributed by atoms with Gasteiger partial charge in [0.05, 0.1) is 13.2 Å². The maximum atomic E-state index is 9.01. The third-order valence-corrected chi connectivity index (χ3v) is 3.51. The molecule has 1 aliphatic heterocycles. The number of nitrogens with zero attached hydrogens (tertiary/aromatic N) is 4. The molecule has 1 aromatic rings. The number of rotatable bonds is 5. The normalized spacial score (nSPS) is 17.9. The number of hydrogen-bond acceptors (Lipinski definition) is 7. The zero-order chi connectivity index (χ0) is 14.4. The van der Waals surface area contributed by atoms with Crippen molar-refractivity contribution in [2.24, 2.45) is 5.84 Å². The van der Waals surface area contributed by atoms with Gasteiger partial charge in [0.2, 0.25) is 0 Å². The first-order chi connectivity index (χ1) is 9.71. The highest BCUT2D eigenvalue weighted by molar-refractivity contribution is 5.33. The van der Waals surface area contributed by atoms with Crippen LogP contribution in [-0.4, -0.2) is 64.2 Å². The second-order valence-corrected chi connectivity index (χ2v) is 5.15. The number of hydrogen-bond donors (Lipinski definition) is 3. The van der Waals surface area contributed by atoms with Crippen molar-refractivity contribution in [3.63, 3.8) is 0 Å². The Hall–Kier alpha value is -1.28. The van der Waals surface area contributed by atoms with E-state index in [1.54, 1.807) is 0 Å². The van der Waals surface area contributed by atoms with E-state index in [0.29, 0.717) is 5.82 Å².